The van der Waals surface area contributed by atoms with Crippen LogP contribution >= 0.6 is 0 Å². The second-order valence-electron chi connectivity index (χ2n) is 6.98. The van der Waals surface area contributed by atoms with E-state index in [1.54, 1.807) is 0 Å². The van der Waals surface area contributed by atoms with Crippen LogP contribution in [0.15, 0.2) is 0 Å². The average Bonchev–Trinajstić information content (AvgIpc) is 2.92. The van der Waals surface area contributed by atoms with Crippen LogP contribution in [0.3, 0.4) is 0 Å². The van der Waals surface area contributed by atoms with Gasteiger partial charge in [-0.25, -0.2) is 0 Å². The van der Waals surface area contributed by atoms with E-state index in [2.05, 4.69) is 20.8 Å². The summed E-state index contributed by atoms with van der Waals surface area (Å²) in [5, 5.41) is 0. The molecule has 0 N–H and O–H groups in total. The lowest BCUT2D eigenvalue weighted by atomic mass is 9.57. The predicted octanol–water partition coefficient (Wildman–Crippen LogP) is 4.02. The molecule has 0 unspecified atom stereocenters. The van der Waals surface area contributed by atoms with Crippen LogP contribution in [0.2, 0.25) is 0 Å². The Hall–Kier alpha value is -0.0400. The van der Waals surface area contributed by atoms with Gasteiger partial charge in [-0.2, -0.15) is 0 Å². The highest BCUT2D eigenvalue weighted by molar-refractivity contribution is 5.15. The smallest absolute Gasteiger partial charge is 0.0974 e. The Morgan fingerprint density at radius 2 is 1.94 bits per heavy atom. The van der Waals surface area contributed by atoms with E-state index in [0.717, 1.165) is 24.4 Å². The number of rotatable bonds is 1. The minimum atomic E-state index is 0.347. The van der Waals surface area contributed by atoms with E-state index in [4.69, 9.17) is 4.74 Å². The van der Waals surface area contributed by atoms with E-state index in [9.17, 15) is 0 Å². The van der Waals surface area contributed by atoms with Gasteiger partial charge in [0, 0.05) is 5.41 Å². The molecular formula is C15H26O. The minimum Gasteiger partial charge on any atom is -0.369 e. The molecule has 92 valence electrons. The molecule has 0 aromatic heterocycles. The van der Waals surface area contributed by atoms with Gasteiger partial charge in [-0.15, -0.1) is 0 Å². The largest absolute Gasteiger partial charge is 0.369 e. The number of epoxide rings is 1. The maximum absolute atomic E-state index is 5.95. The molecule has 4 atom stereocenters. The quantitative estimate of drug-likeness (QED) is 0.610. The Morgan fingerprint density at radius 1 is 1.19 bits per heavy atom. The van der Waals surface area contributed by atoms with Crippen molar-refractivity contribution in [1.82, 2.24) is 0 Å². The highest BCUT2D eigenvalue weighted by atomic mass is 16.6. The first-order valence-electron chi connectivity index (χ1n) is 7.24. The fraction of sp³-hybridized carbons (Fsp3) is 1.00. The van der Waals surface area contributed by atoms with Crippen LogP contribution in [-0.4, -0.2) is 12.2 Å². The molecule has 1 saturated heterocycles. The van der Waals surface area contributed by atoms with Crippen molar-refractivity contribution in [2.75, 3.05) is 6.61 Å². The number of hydrogen-bond donors (Lipinski definition) is 0. The molecule has 0 amide bonds. The Balaban J connectivity index is 1.86. The van der Waals surface area contributed by atoms with Crippen molar-refractivity contribution in [2.45, 2.75) is 64.9 Å². The summed E-state index contributed by atoms with van der Waals surface area (Å²) in [6, 6.07) is 0. The molecule has 3 rings (SSSR count). The lowest BCUT2D eigenvalue weighted by molar-refractivity contribution is -0.00423. The summed E-state index contributed by atoms with van der Waals surface area (Å²) < 4.78 is 5.95. The lowest BCUT2D eigenvalue weighted by Gasteiger charge is -2.47. The lowest BCUT2D eigenvalue weighted by Crippen LogP contribution is -2.44. The first-order chi connectivity index (χ1) is 7.60. The summed E-state index contributed by atoms with van der Waals surface area (Å²) in [5.74, 6) is 2.71. The van der Waals surface area contributed by atoms with Gasteiger partial charge in [-0.1, -0.05) is 20.8 Å². The number of ether oxygens (including phenoxy) is 1. The van der Waals surface area contributed by atoms with E-state index in [1.165, 1.54) is 38.5 Å². The number of fused-ring (bicyclic) bond motifs is 1. The molecule has 1 nitrogen and oxygen atoms in total. The third-order valence-electron chi connectivity index (χ3n) is 6.09. The zero-order valence-corrected chi connectivity index (χ0v) is 11.1. The van der Waals surface area contributed by atoms with Gasteiger partial charge >= 0.3 is 0 Å². The van der Waals surface area contributed by atoms with Gasteiger partial charge in [0.1, 0.15) is 0 Å². The summed E-state index contributed by atoms with van der Waals surface area (Å²) in [4.78, 5) is 0. The fourth-order valence-electron chi connectivity index (χ4n) is 4.75. The topological polar surface area (TPSA) is 12.5 Å². The first kappa shape index (κ1) is 11.1. The van der Waals surface area contributed by atoms with Crippen LogP contribution in [0.1, 0.15) is 59.3 Å². The van der Waals surface area contributed by atoms with Crippen molar-refractivity contribution in [3.63, 3.8) is 0 Å². The van der Waals surface area contributed by atoms with Gasteiger partial charge in [0.05, 0.1) is 12.2 Å². The minimum absolute atomic E-state index is 0.347. The van der Waals surface area contributed by atoms with Gasteiger partial charge in [0.15, 0.2) is 0 Å². The number of hydrogen-bond acceptors (Lipinski definition) is 1. The fourth-order valence-corrected chi connectivity index (χ4v) is 4.75. The molecule has 0 radical (unpaired) electrons. The van der Waals surface area contributed by atoms with Gasteiger partial charge < -0.3 is 4.74 Å². The normalized spacial score (nSPS) is 51.8. The van der Waals surface area contributed by atoms with Crippen molar-refractivity contribution in [2.24, 2.45) is 23.2 Å². The summed E-state index contributed by atoms with van der Waals surface area (Å²) in [5.41, 5.74) is 0.917. The Morgan fingerprint density at radius 3 is 2.56 bits per heavy atom. The van der Waals surface area contributed by atoms with Gasteiger partial charge in [0.2, 0.25) is 0 Å². The first-order valence-corrected chi connectivity index (χ1v) is 7.24. The molecule has 2 spiro atoms. The molecule has 0 aromatic rings. The Kier molecular flexibility index (Phi) is 2.41. The highest BCUT2D eigenvalue weighted by Crippen LogP contribution is 2.65. The van der Waals surface area contributed by atoms with Gasteiger partial charge in [0.25, 0.3) is 0 Å². The van der Waals surface area contributed by atoms with E-state index < -0.39 is 0 Å². The second kappa shape index (κ2) is 3.48. The molecular weight excluding hydrogens is 196 g/mol. The zero-order valence-electron chi connectivity index (χ0n) is 11.1. The van der Waals surface area contributed by atoms with Crippen molar-refractivity contribution >= 4 is 0 Å². The summed E-state index contributed by atoms with van der Waals surface area (Å²) in [7, 11) is 0. The van der Waals surface area contributed by atoms with Crippen molar-refractivity contribution in [3.05, 3.63) is 0 Å². The molecule has 1 heterocycles. The Bertz CT molecular complexity index is 279. The van der Waals surface area contributed by atoms with Crippen LogP contribution in [0, 0.1) is 23.2 Å². The van der Waals surface area contributed by atoms with Crippen LogP contribution in [0.25, 0.3) is 0 Å². The molecule has 3 aliphatic rings. The average molecular weight is 222 g/mol. The van der Waals surface area contributed by atoms with E-state index in [0.29, 0.717) is 11.0 Å². The van der Waals surface area contributed by atoms with Crippen LogP contribution < -0.4 is 0 Å². The van der Waals surface area contributed by atoms with Crippen molar-refractivity contribution < 1.29 is 4.74 Å². The van der Waals surface area contributed by atoms with Gasteiger partial charge in [-0.3, -0.25) is 0 Å². The molecule has 0 bridgehead atoms. The van der Waals surface area contributed by atoms with Gasteiger partial charge in [-0.05, 0) is 56.3 Å². The van der Waals surface area contributed by atoms with Crippen LogP contribution in [0.5, 0.6) is 0 Å². The molecule has 0 aromatic carbocycles. The van der Waals surface area contributed by atoms with E-state index in [1.807, 2.05) is 0 Å². The van der Waals surface area contributed by atoms with E-state index >= 15 is 0 Å². The molecule has 2 saturated carbocycles. The monoisotopic (exact) mass is 222 g/mol. The summed E-state index contributed by atoms with van der Waals surface area (Å²) in [6.07, 6.45) is 8.55. The molecule has 3 fully saturated rings. The third kappa shape index (κ3) is 1.33. The maximum atomic E-state index is 5.95. The zero-order chi connectivity index (χ0) is 11.4. The van der Waals surface area contributed by atoms with Crippen molar-refractivity contribution in [1.29, 1.82) is 0 Å². The summed E-state index contributed by atoms with van der Waals surface area (Å²) in [6.45, 7) is 8.38. The highest BCUT2D eigenvalue weighted by Gasteiger charge is 2.66. The maximum Gasteiger partial charge on any atom is 0.0974 e. The summed E-state index contributed by atoms with van der Waals surface area (Å²) >= 11 is 0. The molecule has 1 aliphatic heterocycles. The molecule has 2 aliphatic carbocycles. The molecule has 16 heavy (non-hydrogen) atoms. The third-order valence-corrected chi connectivity index (χ3v) is 6.09. The molecule has 1 heteroatoms. The van der Waals surface area contributed by atoms with E-state index in [-0.39, 0.29) is 0 Å². The van der Waals surface area contributed by atoms with Crippen LogP contribution in [0.4, 0.5) is 0 Å². The van der Waals surface area contributed by atoms with Crippen molar-refractivity contribution in [3.8, 4) is 0 Å². The standard InChI is InChI=1S/C15H26O/c1-11(2)13-6-5-12(3)14(9-13)7-4-8-15(14)10-16-15/h11-13H,4-10H2,1-3H3/t12-,13-,14+,15-/m1/s1. The predicted molar refractivity (Wildman–Crippen MR) is 66.3 cm³/mol. The van der Waals surface area contributed by atoms with Crippen LogP contribution in [-0.2, 0) is 4.74 Å². The SMILES string of the molecule is CC(C)[C@@H]1CC[C@@H](C)[C@]2(CCC[C@@]23CO3)C1. The second-order valence-corrected chi connectivity index (χ2v) is 6.98. The Labute approximate surface area is 99.9 Å².